The Balaban J connectivity index is 2.77. The smallest absolute Gasteiger partial charge is 0.303 e. The predicted molar refractivity (Wildman–Crippen MR) is 62.5 cm³/mol. The average Bonchev–Trinajstić information content (AvgIpc) is 2.15. The Labute approximate surface area is 97.6 Å². The lowest BCUT2D eigenvalue weighted by atomic mass is 9.79. The molecule has 94 valence electrons. The summed E-state index contributed by atoms with van der Waals surface area (Å²) in [6.07, 6.45) is 0.185. The van der Waals surface area contributed by atoms with Crippen LogP contribution in [0, 0.1) is 5.41 Å². The number of hydrogen-bond acceptors (Lipinski definition) is 3. The van der Waals surface area contributed by atoms with Crippen LogP contribution in [0.15, 0.2) is 0 Å². The van der Waals surface area contributed by atoms with Crippen LogP contribution in [0.2, 0.25) is 0 Å². The second-order valence-corrected chi connectivity index (χ2v) is 5.48. The first-order valence-electron chi connectivity index (χ1n) is 5.90. The fraction of sp³-hybridized carbons (Fsp3) is 0.917. The van der Waals surface area contributed by atoms with Gasteiger partial charge in [0.25, 0.3) is 0 Å². The van der Waals surface area contributed by atoms with E-state index in [1.807, 2.05) is 13.8 Å². The maximum Gasteiger partial charge on any atom is 0.303 e. The number of carbonyl (C=O) groups is 1. The van der Waals surface area contributed by atoms with Crippen molar-refractivity contribution in [3.05, 3.63) is 0 Å². The van der Waals surface area contributed by atoms with Crippen molar-refractivity contribution >= 4 is 5.97 Å². The lowest BCUT2D eigenvalue weighted by molar-refractivity contribution is -0.142. The number of morpholine rings is 1. The van der Waals surface area contributed by atoms with Crippen molar-refractivity contribution in [2.75, 3.05) is 19.8 Å². The first-order valence-corrected chi connectivity index (χ1v) is 5.90. The molecule has 1 aliphatic rings. The molecule has 0 spiro atoms. The third kappa shape index (κ3) is 3.19. The first kappa shape index (κ1) is 13.5. The van der Waals surface area contributed by atoms with Crippen molar-refractivity contribution in [2.45, 2.75) is 46.2 Å². The summed E-state index contributed by atoms with van der Waals surface area (Å²) >= 11 is 0. The number of aliphatic carboxylic acids is 1. The van der Waals surface area contributed by atoms with Gasteiger partial charge in [-0.1, -0.05) is 13.8 Å². The van der Waals surface area contributed by atoms with Crippen LogP contribution in [0.5, 0.6) is 0 Å². The Kier molecular flexibility index (Phi) is 4.33. The molecule has 0 aliphatic carbocycles. The highest BCUT2D eigenvalue weighted by Gasteiger charge is 2.38. The van der Waals surface area contributed by atoms with E-state index in [1.54, 1.807) is 0 Å². The number of carboxylic acids is 1. The summed E-state index contributed by atoms with van der Waals surface area (Å²) in [7, 11) is 0. The Hall–Kier alpha value is -0.610. The highest BCUT2D eigenvalue weighted by Crippen LogP contribution is 2.32. The Morgan fingerprint density at radius 1 is 1.56 bits per heavy atom. The van der Waals surface area contributed by atoms with Gasteiger partial charge in [-0.05, 0) is 19.3 Å². The second kappa shape index (κ2) is 5.15. The molecule has 4 heteroatoms. The minimum atomic E-state index is -0.737. The summed E-state index contributed by atoms with van der Waals surface area (Å²) < 4.78 is 5.50. The SMILES string of the molecule is CC(C)N1CCOCC1C(C)(C)CC(=O)O. The van der Waals surface area contributed by atoms with Crippen LogP contribution in [-0.2, 0) is 9.53 Å². The Morgan fingerprint density at radius 2 is 2.19 bits per heavy atom. The molecule has 4 nitrogen and oxygen atoms in total. The normalized spacial score (nSPS) is 23.7. The van der Waals surface area contributed by atoms with Gasteiger partial charge < -0.3 is 9.84 Å². The maximum absolute atomic E-state index is 10.9. The van der Waals surface area contributed by atoms with E-state index >= 15 is 0 Å². The molecule has 0 radical (unpaired) electrons. The molecule has 0 aromatic rings. The molecule has 0 saturated carbocycles. The molecule has 0 aromatic heterocycles. The molecular formula is C12H23NO3. The average molecular weight is 229 g/mol. The van der Waals surface area contributed by atoms with Gasteiger partial charge in [-0.25, -0.2) is 0 Å². The van der Waals surface area contributed by atoms with Crippen LogP contribution in [0.3, 0.4) is 0 Å². The number of hydrogen-bond donors (Lipinski definition) is 1. The molecule has 1 N–H and O–H groups in total. The topological polar surface area (TPSA) is 49.8 Å². The zero-order chi connectivity index (χ0) is 12.3. The molecule has 1 unspecified atom stereocenters. The van der Waals surface area contributed by atoms with Gasteiger partial charge in [0.15, 0.2) is 0 Å². The molecule has 1 aliphatic heterocycles. The van der Waals surface area contributed by atoms with E-state index in [-0.39, 0.29) is 17.9 Å². The maximum atomic E-state index is 10.9. The standard InChI is InChI=1S/C12H23NO3/c1-9(2)13-5-6-16-8-10(13)12(3,4)7-11(14)15/h9-10H,5-8H2,1-4H3,(H,14,15). The molecule has 1 saturated heterocycles. The van der Waals surface area contributed by atoms with Crippen molar-refractivity contribution in [1.82, 2.24) is 4.90 Å². The van der Waals surface area contributed by atoms with Crippen LogP contribution in [0.25, 0.3) is 0 Å². The third-order valence-corrected chi connectivity index (χ3v) is 3.34. The monoisotopic (exact) mass is 229 g/mol. The van der Waals surface area contributed by atoms with Crippen LogP contribution >= 0.6 is 0 Å². The third-order valence-electron chi connectivity index (χ3n) is 3.34. The van der Waals surface area contributed by atoms with E-state index < -0.39 is 5.97 Å². The lowest BCUT2D eigenvalue weighted by Gasteiger charge is -2.46. The van der Waals surface area contributed by atoms with Gasteiger partial charge in [-0.3, -0.25) is 9.69 Å². The van der Waals surface area contributed by atoms with E-state index in [0.717, 1.165) is 13.2 Å². The van der Waals surface area contributed by atoms with Gasteiger partial charge >= 0.3 is 5.97 Å². The number of nitrogens with zero attached hydrogens (tertiary/aromatic N) is 1. The quantitative estimate of drug-likeness (QED) is 0.795. The lowest BCUT2D eigenvalue weighted by Crippen LogP contribution is -2.55. The molecule has 1 atom stereocenters. The zero-order valence-corrected chi connectivity index (χ0v) is 10.7. The van der Waals surface area contributed by atoms with Crippen LogP contribution in [-0.4, -0.2) is 47.8 Å². The summed E-state index contributed by atoms with van der Waals surface area (Å²) in [6.45, 7) is 10.6. The summed E-state index contributed by atoms with van der Waals surface area (Å²) in [5.74, 6) is -0.737. The predicted octanol–water partition coefficient (Wildman–Crippen LogP) is 1.60. The number of carboxylic acid groups (broad SMARTS) is 1. The van der Waals surface area contributed by atoms with Gasteiger partial charge in [-0.15, -0.1) is 0 Å². The van der Waals surface area contributed by atoms with E-state index in [2.05, 4.69) is 18.7 Å². The second-order valence-electron chi connectivity index (χ2n) is 5.48. The molecule has 1 fully saturated rings. The fourth-order valence-electron chi connectivity index (χ4n) is 2.42. The Morgan fingerprint density at radius 3 is 2.69 bits per heavy atom. The van der Waals surface area contributed by atoms with Crippen LogP contribution < -0.4 is 0 Å². The minimum Gasteiger partial charge on any atom is -0.481 e. The van der Waals surface area contributed by atoms with Crippen molar-refractivity contribution in [1.29, 1.82) is 0 Å². The summed E-state index contributed by atoms with van der Waals surface area (Å²) in [5, 5.41) is 8.95. The molecule has 1 rings (SSSR count). The van der Waals surface area contributed by atoms with Crippen molar-refractivity contribution in [2.24, 2.45) is 5.41 Å². The molecule has 0 aromatic carbocycles. The highest BCUT2D eigenvalue weighted by molar-refractivity contribution is 5.67. The van der Waals surface area contributed by atoms with Crippen molar-refractivity contribution in [3.63, 3.8) is 0 Å². The fourth-order valence-corrected chi connectivity index (χ4v) is 2.42. The van der Waals surface area contributed by atoms with Gasteiger partial charge in [0, 0.05) is 18.6 Å². The largest absolute Gasteiger partial charge is 0.481 e. The summed E-state index contributed by atoms with van der Waals surface area (Å²) in [6, 6.07) is 0.624. The molecule has 1 heterocycles. The first-order chi connectivity index (χ1) is 7.34. The van der Waals surface area contributed by atoms with Crippen LogP contribution in [0.1, 0.15) is 34.1 Å². The minimum absolute atomic E-state index is 0.185. The van der Waals surface area contributed by atoms with Gasteiger partial charge in [0.1, 0.15) is 0 Å². The van der Waals surface area contributed by atoms with Gasteiger partial charge in [0.05, 0.1) is 19.6 Å². The molecule has 0 amide bonds. The molecule has 0 bridgehead atoms. The highest BCUT2D eigenvalue weighted by atomic mass is 16.5. The van der Waals surface area contributed by atoms with Gasteiger partial charge in [-0.2, -0.15) is 0 Å². The van der Waals surface area contributed by atoms with Gasteiger partial charge in [0.2, 0.25) is 0 Å². The van der Waals surface area contributed by atoms with E-state index in [4.69, 9.17) is 9.84 Å². The van der Waals surface area contributed by atoms with Crippen molar-refractivity contribution < 1.29 is 14.6 Å². The summed E-state index contributed by atoms with van der Waals surface area (Å²) in [5.41, 5.74) is -0.253. The number of ether oxygens (including phenoxy) is 1. The van der Waals surface area contributed by atoms with E-state index in [9.17, 15) is 4.79 Å². The Bertz CT molecular complexity index is 251. The summed E-state index contributed by atoms with van der Waals surface area (Å²) in [4.78, 5) is 13.2. The van der Waals surface area contributed by atoms with Crippen molar-refractivity contribution in [3.8, 4) is 0 Å². The zero-order valence-electron chi connectivity index (χ0n) is 10.7. The molecule has 16 heavy (non-hydrogen) atoms. The molecular weight excluding hydrogens is 206 g/mol. The van der Waals surface area contributed by atoms with E-state index in [0.29, 0.717) is 12.6 Å². The van der Waals surface area contributed by atoms with E-state index in [1.165, 1.54) is 0 Å². The number of rotatable bonds is 4. The van der Waals surface area contributed by atoms with Crippen LogP contribution in [0.4, 0.5) is 0 Å².